The van der Waals surface area contributed by atoms with Gasteiger partial charge in [0.05, 0.1) is 6.04 Å². The molecule has 6 heteroatoms. The van der Waals surface area contributed by atoms with Crippen LogP contribution in [0.1, 0.15) is 31.4 Å². The quantitative estimate of drug-likeness (QED) is 0.828. The SMILES string of the molecule is CC(NC(=O)N(CC(=O)O)CC1CC1)c1ccncc1. The molecule has 0 aliphatic heterocycles. The molecule has 2 N–H and O–H groups in total. The average molecular weight is 277 g/mol. The molecular formula is C14H19N3O3. The Morgan fingerprint density at radius 3 is 2.65 bits per heavy atom. The largest absolute Gasteiger partial charge is 0.480 e. The van der Waals surface area contributed by atoms with E-state index < -0.39 is 5.97 Å². The third-order valence-corrected chi connectivity index (χ3v) is 3.33. The number of hydrogen-bond donors (Lipinski definition) is 2. The van der Waals surface area contributed by atoms with Gasteiger partial charge in [0.25, 0.3) is 0 Å². The number of nitrogens with zero attached hydrogens (tertiary/aromatic N) is 2. The summed E-state index contributed by atoms with van der Waals surface area (Å²) in [6.07, 6.45) is 5.47. The fraction of sp³-hybridized carbons (Fsp3) is 0.500. The van der Waals surface area contributed by atoms with E-state index in [0.29, 0.717) is 12.5 Å². The number of carboxylic acid groups (broad SMARTS) is 1. The van der Waals surface area contributed by atoms with Crippen LogP contribution in [0.25, 0.3) is 0 Å². The van der Waals surface area contributed by atoms with Crippen molar-refractivity contribution in [1.29, 1.82) is 0 Å². The van der Waals surface area contributed by atoms with Crippen molar-refractivity contribution < 1.29 is 14.7 Å². The third kappa shape index (κ3) is 4.22. The van der Waals surface area contributed by atoms with Crippen LogP contribution in [0, 0.1) is 5.92 Å². The van der Waals surface area contributed by atoms with Crippen molar-refractivity contribution in [3.05, 3.63) is 30.1 Å². The molecule has 1 atom stereocenters. The molecule has 1 aliphatic rings. The van der Waals surface area contributed by atoms with Crippen LogP contribution in [-0.4, -0.2) is 40.1 Å². The van der Waals surface area contributed by atoms with Crippen LogP contribution in [-0.2, 0) is 4.79 Å². The second-order valence-corrected chi connectivity index (χ2v) is 5.17. The monoisotopic (exact) mass is 277 g/mol. The van der Waals surface area contributed by atoms with E-state index in [1.807, 2.05) is 19.1 Å². The number of pyridine rings is 1. The molecule has 0 saturated heterocycles. The van der Waals surface area contributed by atoms with Gasteiger partial charge in [-0.25, -0.2) is 4.79 Å². The second kappa shape index (κ2) is 6.36. The molecule has 20 heavy (non-hydrogen) atoms. The Balaban J connectivity index is 1.94. The molecule has 2 amide bonds. The summed E-state index contributed by atoms with van der Waals surface area (Å²) in [4.78, 5) is 28.3. The number of aliphatic carboxylic acids is 1. The molecule has 1 fully saturated rings. The van der Waals surface area contributed by atoms with Crippen molar-refractivity contribution in [2.75, 3.05) is 13.1 Å². The highest BCUT2D eigenvalue weighted by atomic mass is 16.4. The maximum atomic E-state index is 12.2. The molecule has 1 heterocycles. The summed E-state index contributed by atoms with van der Waals surface area (Å²) < 4.78 is 0. The molecule has 1 aliphatic carbocycles. The van der Waals surface area contributed by atoms with Crippen molar-refractivity contribution >= 4 is 12.0 Å². The van der Waals surface area contributed by atoms with E-state index in [2.05, 4.69) is 10.3 Å². The van der Waals surface area contributed by atoms with Gasteiger partial charge in [-0.1, -0.05) is 0 Å². The summed E-state index contributed by atoms with van der Waals surface area (Å²) in [6.45, 7) is 2.12. The molecule has 6 nitrogen and oxygen atoms in total. The normalized spacial score (nSPS) is 15.4. The van der Waals surface area contributed by atoms with E-state index in [1.165, 1.54) is 4.90 Å². The van der Waals surface area contributed by atoms with E-state index in [9.17, 15) is 9.59 Å². The Labute approximate surface area is 117 Å². The summed E-state index contributed by atoms with van der Waals surface area (Å²) in [5, 5.41) is 11.7. The first kappa shape index (κ1) is 14.3. The Morgan fingerprint density at radius 1 is 1.45 bits per heavy atom. The lowest BCUT2D eigenvalue weighted by molar-refractivity contribution is -0.137. The summed E-state index contributed by atoms with van der Waals surface area (Å²) in [6, 6.07) is 3.14. The predicted molar refractivity (Wildman–Crippen MR) is 73.1 cm³/mol. The average Bonchev–Trinajstić information content (AvgIpc) is 3.22. The van der Waals surface area contributed by atoms with E-state index in [4.69, 9.17) is 5.11 Å². The number of rotatable bonds is 6. The Kier molecular flexibility index (Phi) is 4.55. The molecular weight excluding hydrogens is 258 g/mol. The first-order valence-corrected chi connectivity index (χ1v) is 6.73. The van der Waals surface area contributed by atoms with Gasteiger partial charge in [-0.05, 0) is 43.4 Å². The van der Waals surface area contributed by atoms with E-state index >= 15 is 0 Å². The van der Waals surface area contributed by atoms with Crippen LogP contribution in [0.4, 0.5) is 4.79 Å². The Morgan fingerprint density at radius 2 is 2.10 bits per heavy atom. The predicted octanol–water partition coefficient (Wildman–Crippen LogP) is 1.65. The lowest BCUT2D eigenvalue weighted by Crippen LogP contribution is -2.44. The number of carbonyl (C=O) groups excluding carboxylic acids is 1. The molecule has 108 valence electrons. The minimum absolute atomic E-state index is 0.180. The molecule has 1 aromatic heterocycles. The van der Waals surface area contributed by atoms with Gasteiger partial charge < -0.3 is 15.3 Å². The number of amides is 2. The highest BCUT2D eigenvalue weighted by Crippen LogP contribution is 2.29. The fourth-order valence-electron chi connectivity index (χ4n) is 2.01. The van der Waals surface area contributed by atoms with Gasteiger partial charge in [-0.2, -0.15) is 0 Å². The van der Waals surface area contributed by atoms with Crippen molar-refractivity contribution in [2.24, 2.45) is 5.92 Å². The Bertz CT molecular complexity index is 474. The molecule has 1 saturated carbocycles. The Hall–Kier alpha value is -2.11. The van der Waals surface area contributed by atoms with E-state index in [0.717, 1.165) is 18.4 Å². The van der Waals surface area contributed by atoms with Gasteiger partial charge in [0.15, 0.2) is 0 Å². The molecule has 0 bridgehead atoms. The van der Waals surface area contributed by atoms with Crippen LogP contribution in [0.5, 0.6) is 0 Å². The van der Waals surface area contributed by atoms with Crippen molar-refractivity contribution in [3.63, 3.8) is 0 Å². The van der Waals surface area contributed by atoms with Crippen LogP contribution in [0.15, 0.2) is 24.5 Å². The number of aromatic nitrogens is 1. The first-order valence-electron chi connectivity index (χ1n) is 6.73. The molecule has 2 rings (SSSR count). The maximum Gasteiger partial charge on any atom is 0.323 e. The topological polar surface area (TPSA) is 82.5 Å². The van der Waals surface area contributed by atoms with Gasteiger partial charge in [0.2, 0.25) is 0 Å². The lowest BCUT2D eigenvalue weighted by Gasteiger charge is -2.23. The van der Waals surface area contributed by atoms with Gasteiger partial charge in [-0.3, -0.25) is 9.78 Å². The summed E-state index contributed by atoms with van der Waals surface area (Å²) in [5.74, 6) is -0.534. The van der Waals surface area contributed by atoms with E-state index in [1.54, 1.807) is 12.4 Å². The van der Waals surface area contributed by atoms with Gasteiger partial charge in [-0.15, -0.1) is 0 Å². The van der Waals surface area contributed by atoms with Crippen LogP contribution < -0.4 is 5.32 Å². The van der Waals surface area contributed by atoms with Crippen LogP contribution in [0.3, 0.4) is 0 Å². The molecule has 0 spiro atoms. The van der Waals surface area contributed by atoms with Crippen LogP contribution in [0.2, 0.25) is 0 Å². The van der Waals surface area contributed by atoms with Crippen LogP contribution >= 0.6 is 0 Å². The third-order valence-electron chi connectivity index (χ3n) is 3.33. The van der Waals surface area contributed by atoms with Crippen molar-refractivity contribution in [3.8, 4) is 0 Å². The van der Waals surface area contributed by atoms with E-state index in [-0.39, 0.29) is 18.6 Å². The summed E-state index contributed by atoms with van der Waals surface area (Å²) in [5.41, 5.74) is 0.940. The molecule has 1 unspecified atom stereocenters. The van der Waals surface area contributed by atoms with Gasteiger partial charge in [0, 0.05) is 18.9 Å². The number of carbonyl (C=O) groups is 2. The highest BCUT2D eigenvalue weighted by Gasteiger charge is 2.28. The number of hydrogen-bond acceptors (Lipinski definition) is 3. The molecule has 0 aromatic carbocycles. The van der Waals surface area contributed by atoms with Crippen molar-refractivity contribution in [2.45, 2.75) is 25.8 Å². The number of urea groups is 1. The molecule has 1 aromatic rings. The lowest BCUT2D eigenvalue weighted by atomic mass is 10.1. The maximum absolute atomic E-state index is 12.2. The number of nitrogens with one attached hydrogen (secondary N) is 1. The molecule has 0 radical (unpaired) electrons. The zero-order valence-corrected chi connectivity index (χ0v) is 11.5. The first-order chi connectivity index (χ1) is 9.56. The zero-order chi connectivity index (χ0) is 14.5. The second-order valence-electron chi connectivity index (χ2n) is 5.17. The van der Waals surface area contributed by atoms with Crippen molar-refractivity contribution in [1.82, 2.24) is 15.2 Å². The minimum Gasteiger partial charge on any atom is -0.480 e. The fourth-order valence-corrected chi connectivity index (χ4v) is 2.01. The van der Waals surface area contributed by atoms with Gasteiger partial charge in [0.1, 0.15) is 6.54 Å². The smallest absolute Gasteiger partial charge is 0.323 e. The minimum atomic E-state index is -0.989. The van der Waals surface area contributed by atoms with Gasteiger partial charge >= 0.3 is 12.0 Å². The summed E-state index contributed by atoms with van der Waals surface area (Å²) >= 11 is 0. The number of carboxylic acids is 1. The zero-order valence-electron chi connectivity index (χ0n) is 11.5. The summed E-state index contributed by atoms with van der Waals surface area (Å²) in [7, 11) is 0. The highest BCUT2D eigenvalue weighted by molar-refractivity contribution is 5.80. The standard InChI is InChI=1S/C14H19N3O3/c1-10(12-4-6-15-7-5-12)16-14(20)17(9-13(18)19)8-11-2-3-11/h4-7,10-11H,2-3,8-9H2,1H3,(H,16,20)(H,18,19).